The maximum atomic E-state index is 12.4. The summed E-state index contributed by atoms with van der Waals surface area (Å²) in [6.07, 6.45) is 0.700. The van der Waals surface area contributed by atoms with Crippen molar-refractivity contribution in [1.29, 1.82) is 0 Å². The summed E-state index contributed by atoms with van der Waals surface area (Å²) < 4.78 is 30.2. The summed E-state index contributed by atoms with van der Waals surface area (Å²) in [6, 6.07) is 13.9. The van der Waals surface area contributed by atoms with Gasteiger partial charge in [-0.3, -0.25) is 4.79 Å². The zero-order valence-corrected chi connectivity index (χ0v) is 13.4. The number of halogens is 2. The number of fused-ring (bicyclic) bond motifs is 1. The first-order valence-electron chi connectivity index (χ1n) is 7.30. The first-order chi connectivity index (χ1) is 11.6. The van der Waals surface area contributed by atoms with Gasteiger partial charge in [-0.05, 0) is 24.3 Å². The summed E-state index contributed by atoms with van der Waals surface area (Å²) in [4.78, 5) is 16.5. The molecule has 24 heavy (non-hydrogen) atoms. The number of aryl methyl sites for hydroxylation is 1. The average molecular weight is 348 g/mol. The molecule has 4 nitrogen and oxygen atoms in total. The van der Waals surface area contributed by atoms with Crippen LogP contribution in [0.1, 0.15) is 11.4 Å². The number of aromatic nitrogens is 1. The van der Waals surface area contributed by atoms with Gasteiger partial charge in [0.25, 0.3) is 0 Å². The van der Waals surface area contributed by atoms with E-state index in [0.29, 0.717) is 6.42 Å². The molecule has 0 spiro atoms. The van der Waals surface area contributed by atoms with Crippen LogP contribution in [0.5, 0.6) is 5.75 Å². The van der Waals surface area contributed by atoms with Crippen LogP contribution < -0.4 is 10.1 Å². The van der Waals surface area contributed by atoms with Crippen molar-refractivity contribution in [2.45, 2.75) is 19.5 Å². The highest BCUT2D eigenvalue weighted by Gasteiger charge is 2.12. The molecule has 3 aromatic rings. The standard InChI is InChI=1S/C17H14F2N2O2S/c18-17(19)23-13-7-3-1-5-11(13)20-15(22)9-10-16-21-12-6-2-4-8-14(12)24-16/h1-8,17H,9-10H2,(H,20,22). The number of hydrogen-bond acceptors (Lipinski definition) is 4. The van der Waals surface area contributed by atoms with Crippen molar-refractivity contribution in [3.63, 3.8) is 0 Å². The van der Waals surface area contributed by atoms with E-state index in [-0.39, 0.29) is 23.8 Å². The molecule has 0 aliphatic carbocycles. The van der Waals surface area contributed by atoms with Crippen LogP contribution in [0.25, 0.3) is 10.2 Å². The Hall–Kier alpha value is -2.54. The third-order valence-electron chi connectivity index (χ3n) is 3.28. The fourth-order valence-corrected chi connectivity index (χ4v) is 3.20. The second-order valence-corrected chi connectivity index (χ2v) is 6.11. The Labute approximate surface area is 141 Å². The van der Waals surface area contributed by atoms with Gasteiger partial charge in [-0.2, -0.15) is 8.78 Å². The van der Waals surface area contributed by atoms with Gasteiger partial charge in [-0.1, -0.05) is 24.3 Å². The van der Waals surface area contributed by atoms with Crippen LogP contribution in [0.3, 0.4) is 0 Å². The maximum absolute atomic E-state index is 12.4. The number of anilines is 1. The number of carbonyl (C=O) groups is 1. The van der Waals surface area contributed by atoms with Crippen molar-refractivity contribution < 1.29 is 18.3 Å². The number of rotatable bonds is 6. The molecule has 3 rings (SSSR count). The topological polar surface area (TPSA) is 51.2 Å². The molecule has 0 aliphatic heterocycles. The van der Waals surface area contributed by atoms with E-state index < -0.39 is 6.61 Å². The third kappa shape index (κ3) is 4.05. The second-order valence-electron chi connectivity index (χ2n) is 5.00. The maximum Gasteiger partial charge on any atom is 0.387 e. The minimum atomic E-state index is -2.94. The molecule has 1 aromatic heterocycles. The van der Waals surface area contributed by atoms with E-state index in [4.69, 9.17) is 0 Å². The van der Waals surface area contributed by atoms with Gasteiger partial charge in [-0.15, -0.1) is 11.3 Å². The van der Waals surface area contributed by atoms with Gasteiger partial charge in [0.1, 0.15) is 5.75 Å². The zero-order valence-electron chi connectivity index (χ0n) is 12.5. The van der Waals surface area contributed by atoms with Crippen LogP contribution >= 0.6 is 11.3 Å². The molecular weight excluding hydrogens is 334 g/mol. The normalized spacial score (nSPS) is 11.0. The lowest BCUT2D eigenvalue weighted by Crippen LogP contribution is -2.14. The average Bonchev–Trinajstić information content (AvgIpc) is 2.97. The van der Waals surface area contributed by atoms with E-state index in [9.17, 15) is 13.6 Å². The van der Waals surface area contributed by atoms with Crippen molar-refractivity contribution in [1.82, 2.24) is 4.98 Å². The molecule has 0 bridgehead atoms. The molecule has 2 aromatic carbocycles. The molecule has 0 fully saturated rings. The smallest absolute Gasteiger partial charge is 0.387 e. The monoisotopic (exact) mass is 348 g/mol. The minimum absolute atomic E-state index is 0.0548. The number of hydrogen-bond donors (Lipinski definition) is 1. The Morgan fingerprint density at radius 3 is 2.71 bits per heavy atom. The Morgan fingerprint density at radius 2 is 1.92 bits per heavy atom. The van der Waals surface area contributed by atoms with Crippen LogP contribution in [0.15, 0.2) is 48.5 Å². The molecule has 0 radical (unpaired) electrons. The van der Waals surface area contributed by atoms with Crippen molar-refractivity contribution in [3.05, 3.63) is 53.5 Å². The van der Waals surface area contributed by atoms with E-state index in [2.05, 4.69) is 15.0 Å². The lowest BCUT2D eigenvalue weighted by molar-refractivity contribution is -0.116. The Morgan fingerprint density at radius 1 is 1.17 bits per heavy atom. The predicted octanol–water partition coefficient (Wildman–Crippen LogP) is 4.47. The number of alkyl halides is 2. The lowest BCUT2D eigenvalue weighted by Gasteiger charge is -2.11. The van der Waals surface area contributed by atoms with E-state index in [1.165, 1.54) is 12.1 Å². The van der Waals surface area contributed by atoms with Gasteiger partial charge in [0.2, 0.25) is 5.91 Å². The number of ether oxygens (including phenoxy) is 1. The number of carbonyl (C=O) groups excluding carboxylic acids is 1. The van der Waals surface area contributed by atoms with Gasteiger partial charge in [0, 0.05) is 12.8 Å². The fraction of sp³-hybridized carbons (Fsp3) is 0.176. The van der Waals surface area contributed by atoms with E-state index in [1.54, 1.807) is 23.5 Å². The fourth-order valence-electron chi connectivity index (χ4n) is 2.23. The molecule has 0 saturated carbocycles. The van der Waals surface area contributed by atoms with Crippen LogP contribution in [0.4, 0.5) is 14.5 Å². The number of nitrogens with one attached hydrogen (secondary N) is 1. The van der Waals surface area contributed by atoms with Crippen molar-refractivity contribution in [3.8, 4) is 5.75 Å². The molecule has 1 amide bonds. The van der Waals surface area contributed by atoms with Crippen LogP contribution in [-0.4, -0.2) is 17.5 Å². The number of benzene rings is 2. The van der Waals surface area contributed by atoms with Gasteiger partial charge >= 0.3 is 6.61 Å². The van der Waals surface area contributed by atoms with Gasteiger partial charge in [-0.25, -0.2) is 4.98 Å². The number of thiazole rings is 1. The van der Waals surface area contributed by atoms with Crippen LogP contribution in [0, 0.1) is 0 Å². The molecule has 124 valence electrons. The predicted molar refractivity (Wildman–Crippen MR) is 89.6 cm³/mol. The summed E-state index contributed by atoms with van der Waals surface area (Å²) in [5.74, 6) is -0.333. The van der Waals surface area contributed by atoms with Crippen LogP contribution in [-0.2, 0) is 11.2 Å². The van der Waals surface area contributed by atoms with Crippen LogP contribution in [0.2, 0.25) is 0 Å². The summed E-state index contributed by atoms with van der Waals surface area (Å²) >= 11 is 1.54. The zero-order chi connectivity index (χ0) is 16.9. The SMILES string of the molecule is O=C(CCc1nc2ccccc2s1)Nc1ccccc1OC(F)F. The van der Waals surface area contributed by atoms with E-state index in [1.807, 2.05) is 24.3 Å². The van der Waals surface area contributed by atoms with Gasteiger partial charge in [0.15, 0.2) is 0 Å². The summed E-state index contributed by atoms with van der Waals surface area (Å²) in [6.45, 7) is -2.94. The number of para-hydroxylation sites is 3. The molecule has 0 aliphatic rings. The largest absolute Gasteiger partial charge is 0.433 e. The minimum Gasteiger partial charge on any atom is -0.433 e. The highest BCUT2D eigenvalue weighted by Crippen LogP contribution is 2.26. The Balaban J connectivity index is 1.61. The van der Waals surface area contributed by atoms with Crippen molar-refractivity contribution in [2.75, 3.05) is 5.32 Å². The quantitative estimate of drug-likeness (QED) is 0.715. The molecule has 1 N–H and O–H groups in total. The first kappa shape index (κ1) is 16.3. The highest BCUT2D eigenvalue weighted by molar-refractivity contribution is 7.18. The summed E-state index contributed by atoms with van der Waals surface area (Å²) in [7, 11) is 0. The van der Waals surface area contributed by atoms with E-state index in [0.717, 1.165) is 15.2 Å². The summed E-state index contributed by atoms with van der Waals surface area (Å²) in [5, 5.41) is 3.46. The molecule has 0 atom stereocenters. The Kier molecular flexibility index (Phi) is 5.00. The molecule has 1 heterocycles. The second kappa shape index (κ2) is 7.35. The highest BCUT2D eigenvalue weighted by atomic mass is 32.1. The first-order valence-corrected chi connectivity index (χ1v) is 8.11. The molecule has 0 saturated heterocycles. The Bertz CT molecular complexity index is 818. The van der Waals surface area contributed by atoms with Crippen molar-refractivity contribution in [2.24, 2.45) is 0 Å². The summed E-state index contributed by atoms with van der Waals surface area (Å²) in [5.41, 5.74) is 1.14. The van der Waals surface area contributed by atoms with E-state index >= 15 is 0 Å². The van der Waals surface area contributed by atoms with Crippen molar-refractivity contribution >= 4 is 33.1 Å². The lowest BCUT2D eigenvalue weighted by atomic mass is 10.2. The number of amides is 1. The third-order valence-corrected chi connectivity index (χ3v) is 4.38. The molecular formula is C17H14F2N2O2S. The number of nitrogens with zero attached hydrogens (tertiary/aromatic N) is 1. The molecule has 0 unspecified atom stereocenters. The van der Waals surface area contributed by atoms with Gasteiger partial charge < -0.3 is 10.1 Å². The molecule has 7 heteroatoms. The van der Waals surface area contributed by atoms with Gasteiger partial charge in [0.05, 0.1) is 20.9 Å².